The highest BCUT2D eigenvalue weighted by Gasteiger charge is 2.32. The van der Waals surface area contributed by atoms with Crippen LogP contribution < -0.4 is 10.9 Å². The molecule has 7 heteroatoms. The van der Waals surface area contributed by atoms with Crippen molar-refractivity contribution < 1.29 is 9.84 Å². The van der Waals surface area contributed by atoms with Crippen molar-refractivity contribution in [2.45, 2.75) is 31.9 Å². The zero-order chi connectivity index (χ0) is 14.0. The van der Waals surface area contributed by atoms with Gasteiger partial charge in [0.05, 0.1) is 24.5 Å². The summed E-state index contributed by atoms with van der Waals surface area (Å²) in [5, 5.41) is 17.2. The monoisotopic (exact) mass is 287 g/mol. The van der Waals surface area contributed by atoms with Crippen molar-refractivity contribution in [1.29, 1.82) is 0 Å². The molecule has 1 aromatic heterocycles. The van der Waals surface area contributed by atoms with Crippen LogP contribution in [0, 0.1) is 0 Å². The van der Waals surface area contributed by atoms with Gasteiger partial charge in [0, 0.05) is 19.6 Å². The van der Waals surface area contributed by atoms with E-state index in [0.717, 1.165) is 0 Å². The van der Waals surface area contributed by atoms with Crippen LogP contribution in [-0.2, 0) is 4.74 Å². The summed E-state index contributed by atoms with van der Waals surface area (Å²) in [6.07, 6.45) is 2.07. The Bertz CT molecular complexity index is 509. The standard InChI is InChI=1S/C12H18ClN3O3/c1-8(2)16-11(17)10(13)9(5-15-16)14-6-12(18)3-4-19-7-12/h5,8,14,18H,3-4,6-7H2,1-2H3. The van der Waals surface area contributed by atoms with Crippen molar-refractivity contribution in [1.82, 2.24) is 9.78 Å². The molecule has 1 unspecified atom stereocenters. The minimum absolute atomic E-state index is 0.0496. The molecule has 1 aliphatic rings. The molecule has 1 aliphatic heterocycles. The maximum atomic E-state index is 11.9. The molecule has 1 atom stereocenters. The normalized spacial score (nSPS) is 23.0. The predicted molar refractivity (Wildman–Crippen MR) is 72.8 cm³/mol. The zero-order valence-electron chi connectivity index (χ0n) is 11.0. The lowest BCUT2D eigenvalue weighted by Crippen LogP contribution is -2.37. The molecule has 1 fully saturated rings. The quantitative estimate of drug-likeness (QED) is 0.865. The summed E-state index contributed by atoms with van der Waals surface area (Å²) in [5.74, 6) is 0. The highest BCUT2D eigenvalue weighted by Crippen LogP contribution is 2.21. The summed E-state index contributed by atoms with van der Waals surface area (Å²) >= 11 is 6.02. The maximum Gasteiger partial charge on any atom is 0.287 e. The number of aliphatic hydroxyl groups is 1. The summed E-state index contributed by atoms with van der Waals surface area (Å²) in [7, 11) is 0. The van der Waals surface area contributed by atoms with E-state index in [1.54, 1.807) is 0 Å². The van der Waals surface area contributed by atoms with Crippen LogP contribution in [0.2, 0.25) is 5.02 Å². The number of hydrogen-bond acceptors (Lipinski definition) is 5. The smallest absolute Gasteiger partial charge is 0.287 e. The number of ether oxygens (including phenoxy) is 1. The molecule has 0 aliphatic carbocycles. The van der Waals surface area contributed by atoms with Gasteiger partial charge in [0.25, 0.3) is 5.56 Å². The Kier molecular flexibility index (Phi) is 4.13. The van der Waals surface area contributed by atoms with Crippen LogP contribution in [0.3, 0.4) is 0 Å². The van der Waals surface area contributed by atoms with Gasteiger partial charge in [0.1, 0.15) is 10.6 Å². The number of hydrogen-bond donors (Lipinski definition) is 2. The van der Waals surface area contributed by atoms with Crippen molar-refractivity contribution in [3.63, 3.8) is 0 Å². The maximum absolute atomic E-state index is 11.9. The van der Waals surface area contributed by atoms with E-state index >= 15 is 0 Å². The molecule has 0 aromatic carbocycles. The van der Waals surface area contributed by atoms with Gasteiger partial charge in [-0.2, -0.15) is 5.10 Å². The molecule has 0 saturated carbocycles. The Hall–Kier alpha value is -1.11. The van der Waals surface area contributed by atoms with Gasteiger partial charge in [-0.05, 0) is 13.8 Å². The molecule has 2 heterocycles. The first-order chi connectivity index (χ1) is 8.93. The van der Waals surface area contributed by atoms with Gasteiger partial charge in [0.15, 0.2) is 0 Å². The number of nitrogens with one attached hydrogen (secondary N) is 1. The number of halogens is 1. The van der Waals surface area contributed by atoms with Crippen LogP contribution in [0.25, 0.3) is 0 Å². The highest BCUT2D eigenvalue weighted by atomic mass is 35.5. The van der Waals surface area contributed by atoms with E-state index in [-0.39, 0.29) is 29.8 Å². The second kappa shape index (κ2) is 5.48. The fourth-order valence-corrected chi connectivity index (χ4v) is 2.13. The third-order valence-electron chi connectivity index (χ3n) is 3.12. The first kappa shape index (κ1) is 14.3. The van der Waals surface area contributed by atoms with E-state index in [1.165, 1.54) is 10.9 Å². The first-order valence-corrected chi connectivity index (χ1v) is 6.62. The molecular formula is C12H18ClN3O3. The van der Waals surface area contributed by atoms with E-state index in [1.807, 2.05) is 13.8 Å². The number of anilines is 1. The molecule has 1 saturated heterocycles. The second-order valence-corrected chi connectivity index (χ2v) is 5.47. The second-order valence-electron chi connectivity index (χ2n) is 5.10. The lowest BCUT2D eigenvalue weighted by molar-refractivity contribution is 0.0382. The fraction of sp³-hybridized carbons (Fsp3) is 0.667. The van der Waals surface area contributed by atoms with Gasteiger partial charge in [-0.25, -0.2) is 4.68 Å². The molecule has 0 amide bonds. The molecule has 0 radical (unpaired) electrons. The predicted octanol–water partition coefficient (Wildman–Crippen LogP) is 1.04. The Labute approximate surface area is 116 Å². The summed E-state index contributed by atoms with van der Waals surface area (Å²) in [6.45, 7) is 4.82. The third-order valence-corrected chi connectivity index (χ3v) is 3.49. The van der Waals surface area contributed by atoms with E-state index in [0.29, 0.717) is 18.7 Å². The van der Waals surface area contributed by atoms with Crippen LogP contribution in [0.5, 0.6) is 0 Å². The Morgan fingerprint density at radius 3 is 3.00 bits per heavy atom. The number of rotatable bonds is 4. The first-order valence-electron chi connectivity index (χ1n) is 6.24. The average molecular weight is 288 g/mol. The van der Waals surface area contributed by atoms with Crippen LogP contribution in [0.1, 0.15) is 26.3 Å². The SMILES string of the molecule is CC(C)n1ncc(NCC2(O)CCOC2)c(Cl)c1=O. The average Bonchev–Trinajstić information content (AvgIpc) is 2.78. The van der Waals surface area contributed by atoms with Gasteiger partial charge < -0.3 is 15.2 Å². The molecule has 106 valence electrons. The lowest BCUT2D eigenvalue weighted by atomic mass is 10.0. The van der Waals surface area contributed by atoms with Crippen LogP contribution in [0.4, 0.5) is 5.69 Å². The molecule has 2 N–H and O–H groups in total. The molecule has 0 bridgehead atoms. The van der Waals surface area contributed by atoms with Crippen LogP contribution in [-0.4, -0.2) is 40.2 Å². The van der Waals surface area contributed by atoms with Gasteiger partial charge in [-0.1, -0.05) is 11.6 Å². The Morgan fingerprint density at radius 1 is 1.68 bits per heavy atom. The van der Waals surface area contributed by atoms with Gasteiger partial charge in [0.2, 0.25) is 0 Å². The van der Waals surface area contributed by atoms with Crippen molar-refractivity contribution >= 4 is 17.3 Å². The zero-order valence-corrected chi connectivity index (χ0v) is 11.8. The van der Waals surface area contributed by atoms with E-state index in [2.05, 4.69) is 10.4 Å². The molecule has 2 rings (SSSR count). The molecule has 19 heavy (non-hydrogen) atoms. The van der Waals surface area contributed by atoms with Crippen LogP contribution in [0.15, 0.2) is 11.0 Å². The Morgan fingerprint density at radius 2 is 2.42 bits per heavy atom. The lowest BCUT2D eigenvalue weighted by Gasteiger charge is -2.21. The van der Waals surface area contributed by atoms with Crippen molar-refractivity contribution in [2.75, 3.05) is 25.1 Å². The van der Waals surface area contributed by atoms with Crippen molar-refractivity contribution in [2.24, 2.45) is 0 Å². The fourth-order valence-electron chi connectivity index (χ4n) is 1.93. The van der Waals surface area contributed by atoms with E-state index in [9.17, 15) is 9.90 Å². The topological polar surface area (TPSA) is 76.4 Å². The summed E-state index contributed by atoms with van der Waals surface area (Å²) in [4.78, 5) is 11.9. The molecule has 0 spiro atoms. The number of nitrogens with zero attached hydrogens (tertiary/aromatic N) is 2. The van der Waals surface area contributed by atoms with Gasteiger partial charge >= 0.3 is 0 Å². The minimum atomic E-state index is -0.907. The third kappa shape index (κ3) is 3.08. The number of aromatic nitrogens is 2. The summed E-state index contributed by atoms with van der Waals surface area (Å²) in [5.41, 5.74) is -0.809. The van der Waals surface area contributed by atoms with E-state index in [4.69, 9.17) is 16.3 Å². The van der Waals surface area contributed by atoms with Crippen molar-refractivity contribution in [3.05, 3.63) is 21.6 Å². The summed E-state index contributed by atoms with van der Waals surface area (Å²) in [6, 6.07) is -0.0496. The highest BCUT2D eigenvalue weighted by molar-refractivity contribution is 6.32. The van der Waals surface area contributed by atoms with Gasteiger partial charge in [-0.15, -0.1) is 0 Å². The summed E-state index contributed by atoms with van der Waals surface area (Å²) < 4.78 is 6.47. The molecule has 1 aromatic rings. The molecular weight excluding hydrogens is 270 g/mol. The minimum Gasteiger partial charge on any atom is -0.386 e. The molecule has 6 nitrogen and oxygen atoms in total. The Balaban J connectivity index is 2.13. The van der Waals surface area contributed by atoms with Gasteiger partial charge in [-0.3, -0.25) is 4.79 Å². The van der Waals surface area contributed by atoms with Crippen LogP contribution >= 0.6 is 11.6 Å². The van der Waals surface area contributed by atoms with Crippen molar-refractivity contribution in [3.8, 4) is 0 Å². The largest absolute Gasteiger partial charge is 0.386 e. The van der Waals surface area contributed by atoms with E-state index < -0.39 is 5.60 Å².